The summed E-state index contributed by atoms with van der Waals surface area (Å²) in [6, 6.07) is 10.2. The normalized spacial score (nSPS) is 11.0. The molecule has 4 rings (SSSR count). The van der Waals surface area contributed by atoms with Gasteiger partial charge >= 0.3 is 0 Å². The van der Waals surface area contributed by atoms with E-state index in [4.69, 9.17) is 0 Å². The van der Waals surface area contributed by atoms with E-state index in [-0.39, 0.29) is 5.69 Å². The van der Waals surface area contributed by atoms with E-state index in [2.05, 4.69) is 25.7 Å². The van der Waals surface area contributed by atoms with Crippen molar-refractivity contribution in [1.82, 2.24) is 20.4 Å². The van der Waals surface area contributed by atoms with Crippen molar-refractivity contribution in [3.05, 3.63) is 66.0 Å². The fourth-order valence-electron chi connectivity index (χ4n) is 2.45. The Balaban J connectivity index is 1.56. The minimum atomic E-state index is -0.973. The topological polar surface area (TPSA) is 86.5 Å². The third-order valence-corrected chi connectivity index (χ3v) is 3.74. The van der Waals surface area contributed by atoms with E-state index in [1.807, 2.05) is 6.07 Å². The maximum absolute atomic E-state index is 13.3. The number of halogens is 2. The van der Waals surface area contributed by atoms with Crippen LogP contribution in [0.2, 0.25) is 0 Å². The lowest BCUT2D eigenvalue weighted by atomic mass is 10.1. The molecule has 6 nitrogen and oxygen atoms in total. The van der Waals surface area contributed by atoms with Gasteiger partial charge in [0, 0.05) is 16.6 Å². The van der Waals surface area contributed by atoms with Crippen LogP contribution in [-0.4, -0.2) is 26.3 Å². The van der Waals surface area contributed by atoms with Crippen LogP contribution in [0, 0.1) is 11.6 Å². The van der Waals surface area contributed by atoms with Crippen molar-refractivity contribution in [3.8, 4) is 11.3 Å². The Hall–Kier alpha value is -3.55. The molecule has 0 aliphatic heterocycles. The summed E-state index contributed by atoms with van der Waals surface area (Å²) in [5.74, 6) is -2.31. The van der Waals surface area contributed by atoms with Gasteiger partial charge in [-0.3, -0.25) is 15.0 Å². The number of aromatic nitrogens is 4. The molecule has 0 spiro atoms. The summed E-state index contributed by atoms with van der Waals surface area (Å²) in [5.41, 5.74) is 2.29. The van der Waals surface area contributed by atoms with Crippen molar-refractivity contribution >= 4 is 22.5 Å². The number of carbonyl (C=O) groups excluding carboxylic acids is 1. The van der Waals surface area contributed by atoms with Gasteiger partial charge in [-0.25, -0.2) is 8.78 Å². The lowest BCUT2D eigenvalue weighted by Gasteiger charge is -2.03. The highest BCUT2D eigenvalue weighted by Gasteiger charge is 2.13. The zero-order valence-corrected chi connectivity index (χ0v) is 12.7. The number of nitrogens with one attached hydrogen (secondary N) is 3. The molecule has 124 valence electrons. The van der Waals surface area contributed by atoms with E-state index in [0.29, 0.717) is 16.9 Å². The SMILES string of the molecule is O=C(Nc1ccc2cn[nH]c2c1)c1cc(-c2ccc(F)c(F)c2)n[nH]1. The molecule has 0 bridgehead atoms. The van der Waals surface area contributed by atoms with E-state index in [9.17, 15) is 13.6 Å². The summed E-state index contributed by atoms with van der Waals surface area (Å²) in [5, 5.41) is 17.0. The molecule has 2 heterocycles. The van der Waals surface area contributed by atoms with E-state index in [1.165, 1.54) is 12.1 Å². The van der Waals surface area contributed by atoms with Crippen molar-refractivity contribution in [2.75, 3.05) is 5.32 Å². The number of carbonyl (C=O) groups is 1. The minimum Gasteiger partial charge on any atom is -0.321 e. The van der Waals surface area contributed by atoms with Gasteiger partial charge in [0.05, 0.1) is 17.4 Å². The molecular weight excluding hydrogens is 328 g/mol. The van der Waals surface area contributed by atoms with Crippen molar-refractivity contribution in [1.29, 1.82) is 0 Å². The van der Waals surface area contributed by atoms with Gasteiger partial charge in [-0.05, 0) is 42.5 Å². The third kappa shape index (κ3) is 2.85. The second-order valence-electron chi connectivity index (χ2n) is 5.42. The van der Waals surface area contributed by atoms with Crippen LogP contribution in [0.1, 0.15) is 10.5 Å². The molecule has 0 fully saturated rings. The zero-order chi connectivity index (χ0) is 17.4. The molecule has 0 saturated heterocycles. The number of hydrogen-bond acceptors (Lipinski definition) is 3. The van der Waals surface area contributed by atoms with Gasteiger partial charge < -0.3 is 5.32 Å². The van der Waals surface area contributed by atoms with Crippen LogP contribution < -0.4 is 5.32 Å². The molecule has 25 heavy (non-hydrogen) atoms. The van der Waals surface area contributed by atoms with Crippen LogP contribution in [0.25, 0.3) is 22.2 Å². The molecule has 3 N–H and O–H groups in total. The van der Waals surface area contributed by atoms with Crippen LogP contribution in [0.15, 0.2) is 48.7 Å². The highest BCUT2D eigenvalue weighted by Crippen LogP contribution is 2.21. The largest absolute Gasteiger partial charge is 0.321 e. The first kappa shape index (κ1) is 15.0. The van der Waals surface area contributed by atoms with Crippen LogP contribution in [0.4, 0.5) is 14.5 Å². The summed E-state index contributed by atoms with van der Waals surface area (Å²) in [6.45, 7) is 0. The summed E-state index contributed by atoms with van der Waals surface area (Å²) in [6.07, 6.45) is 1.68. The van der Waals surface area contributed by atoms with Gasteiger partial charge in [0.1, 0.15) is 5.69 Å². The van der Waals surface area contributed by atoms with Crippen molar-refractivity contribution < 1.29 is 13.6 Å². The summed E-state index contributed by atoms with van der Waals surface area (Å²) in [4.78, 5) is 12.3. The second kappa shape index (κ2) is 5.82. The Labute approximate surface area is 139 Å². The highest BCUT2D eigenvalue weighted by molar-refractivity contribution is 6.04. The first-order valence-corrected chi connectivity index (χ1v) is 7.35. The number of nitrogens with zero attached hydrogens (tertiary/aromatic N) is 2. The van der Waals surface area contributed by atoms with Gasteiger partial charge in [0.15, 0.2) is 11.6 Å². The molecule has 0 saturated carbocycles. The first-order chi connectivity index (χ1) is 12.1. The lowest BCUT2D eigenvalue weighted by Crippen LogP contribution is -2.12. The van der Waals surface area contributed by atoms with E-state index >= 15 is 0 Å². The highest BCUT2D eigenvalue weighted by atomic mass is 19.2. The van der Waals surface area contributed by atoms with Gasteiger partial charge in [0.2, 0.25) is 0 Å². The summed E-state index contributed by atoms with van der Waals surface area (Å²) < 4.78 is 26.3. The summed E-state index contributed by atoms with van der Waals surface area (Å²) >= 11 is 0. The quantitative estimate of drug-likeness (QED) is 0.534. The Morgan fingerprint density at radius 2 is 1.88 bits per heavy atom. The van der Waals surface area contributed by atoms with Crippen molar-refractivity contribution in [2.24, 2.45) is 0 Å². The molecule has 8 heteroatoms. The number of fused-ring (bicyclic) bond motifs is 1. The number of H-pyrrole nitrogens is 2. The average molecular weight is 339 g/mol. The van der Waals surface area contributed by atoms with Gasteiger partial charge in [-0.1, -0.05) is 0 Å². The van der Waals surface area contributed by atoms with Gasteiger partial charge in [-0.2, -0.15) is 10.2 Å². The number of aromatic amines is 2. The number of amides is 1. The Kier molecular flexibility index (Phi) is 3.50. The first-order valence-electron chi connectivity index (χ1n) is 7.35. The van der Waals surface area contributed by atoms with Gasteiger partial charge in [0.25, 0.3) is 5.91 Å². The van der Waals surface area contributed by atoms with E-state index in [0.717, 1.165) is 23.0 Å². The maximum atomic E-state index is 13.3. The molecular formula is C17H11F2N5O. The van der Waals surface area contributed by atoms with Crippen molar-refractivity contribution in [3.63, 3.8) is 0 Å². The molecule has 0 atom stereocenters. The fraction of sp³-hybridized carbons (Fsp3) is 0. The molecule has 0 radical (unpaired) electrons. The van der Waals surface area contributed by atoms with Crippen molar-refractivity contribution in [2.45, 2.75) is 0 Å². The number of anilines is 1. The number of hydrogen-bond donors (Lipinski definition) is 3. The van der Waals surface area contributed by atoms with E-state index < -0.39 is 17.5 Å². The standard InChI is InChI=1S/C17H11F2N5O/c18-12-4-2-9(5-13(12)19)15-7-16(24-23-15)17(25)21-11-3-1-10-8-20-22-14(10)6-11/h1-8H,(H,20,22)(H,21,25)(H,23,24). The Bertz CT molecular complexity index is 1090. The van der Waals surface area contributed by atoms with Gasteiger partial charge in [-0.15, -0.1) is 0 Å². The second-order valence-corrected chi connectivity index (χ2v) is 5.42. The third-order valence-electron chi connectivity index (χ3n) is 3.74. The summed E-state index contributed by atoms with van der Waals surface area (Å²) in [7, 11) is 0. The zero-order valence-electron chi connectivity index (χ0n) is 12.7. The van der Waals surface area contributed by atoms with Crippen LogP contribution in [0.5, 0.6) is 0 Å². The number of benzene rings is 2. The average Bonchev–Trinajstić information content (AvgIpc) is 3.26. The molecule has 0 aliphatic carbocycles. The van der Waals surface area contributed by atoms with Crippen LogP contribution >= 0.6 is 0 Å². The molecule has 2 aromatic carbocycles. The van der Waals surface area contributed by atoms with Crippen LogP contribution in [0.3, 0.4) is 0 Å². The minimum absolute atomic E-state index is 0.199. The monoisotopic (exact) mass is 339 g/mol. The fourth-order valence-corrected chi connectivity index (χ4v) is 2.45. The molecule has 0 unspecified atom stereocenters. The predicted molar refractivity (Wildman–Crippen MR) is 88.0 cm³/mol. The Morgan fingerprint density at radius 3 is 2.72 bits per heavy atom. The molecule has 1 amide bonds. The number of rotatable bonds is 3. The van der Waals surface area contributed by atoms with Crippen LogP contribution in [-0.2, 0) is 0 Å². The smallest absolute Gasteiger partial charge is 0.273 e. The molecule has 0 aliphatic rings. The predicted octanol–water partition coefficient (Wildman–Crippen LogP) is 3.48. The maximum Gasteiger partial charge on any atom is 0.273 e. The molecule has 2 aromatic heterocycles. The molecule has 4 aromatic rings. The Morgan fingerprint density at radius 1 is 1.00 bits per heavy atom. The lowest BCUT2D eigenvalue weighted by molar-refractivity contribution is 0.102. The van der Waals surface area contributed by atoms with E-state index in [1.54, 1.807) is 18.3 Å².